The number of carboxylic acid groups (broad SMARTS) is 3. The van der Waals surface area contributed by atoms with Crippen LogP contribution >= 0.6 is 0 Å². The second-order valence-electron chi connectivity index (χ2n) is 2.71. The minimum Gasteiger partial charge on any atom is -0.480 e. The van der Waals surface area contributed by atoms with Crippen LogP contribution in [-0.2, 0) is 14.4 Å². The number of carbonyl (C=O) groups is 3. The number of aliphatic carboxylic acids is 3. The Bertz CT molecular complexity index is 271. The highest BCUT2D eigenvalue weighted by Gasteiger charge is 2.26. The standard InChI is InChI=1S/C8H11NO6/c1-2-5(8(14)15)9(3-6(10)11)4-7(12)13/h2,5H,1,3-4H2,(H,10,11)(H,12,13)(H,14,15). The van der Waals surface area contributed by atoms with E-state index in [4.69, 9.17) is 15.3 Å². The van der Waals surface area contributed by atoms with E-state index in [0.29, 0.717) is 0 Å². The zero-order valence-electron chi connectivity index (χ0n) is 7.79. The van der Waals surface area contributed by atoms with E-state index in [2.05, 4.69) is 6.58 Å². The lowest BCUT2D eigenvalue weighted by Gasteiger charge is -2.22. The summed E-state index contributed by atoms with van der Waals surface area (Å²) in [7, 11) is 0. The Kier molecular flexibility index (Phi) is 5.03. The lowest BCUT2D eigenvalue weighted by Crippen LogP contribution is -2.45. The molecular weight excluding hydrogens is 206 g/mol. The Morgan fingerprint density at radius 1 is 1.13 bits per heavy atom. The Morgan fingerprint density at radius 3 is 1.73 bits per heavy atom. The third-order valence-electron chi connectivity index (χ3n) is 1.55. The van der Waals surface area contributed by atoms with Crippen molar-refractivity contribution in [1.82, 2.24) is 4.90 Å². The molecule has 3 N–H and O–H groups in total. The third-order valence-corrected chi connectivity index (χ3v) is 1.55. The topological polar surface area (TPSA) is 115 Å². The molecule has 0 aliphatic rings. The van der Waals surface area contributed by atoms with Crippen LogP contribution in [0.4, 0.5) is 0 Å². The molecule has 1 atom stereocenters. The Labute approximate surface area is 85.2 Å². The van der Waals surface area contributed by atoms with Crippen LogP contribution in [0.3, 0.4) is 0 Å². The molecule has 0 rings (SSSR count). The molecule has 0 amide bonds. The SMILES string of the molecule is C=CC(C(=O)O)N(CC(=O)O)CC(=O)O. The van der Waals surface area contributed by atoms with Gasteiger partial charge in [0.1, 0.15) is 6.04 Å². The Balaban J connectivity index is 4.71. The fraction of sp³-hybridized carbons (Fsp3) is 0.375. The van der Waals surface area contributed by atoms with Crippen LogP contribution in [-0.4, -0.2) is 57.3 Å². The summed E-state index contributed by atoms with van der Waals surface area (Å²) in [5.74, 6) is -3.94. The van der Waals surface area contributed by atoms with Gasteiger partial charge in [0.15, 0.2) is 0 Å². The number of nitrogens with zero attached hydrogens (tertiary/aromatic N) is 1. The van der Waals surface area contributed by atoms with Crippen LogP contribution < -0.4 is 0 Å². The summed E-state index contributed by atoms with van der Waals surface area (Å²) in [6.07, 6.45) is 0.980. The van der Waals surface area contributed by atoms with E-state index in [-0.39, 0.29) is 0 Å². The Hall–Kier alpha value is -1.89. The van der Waals surface area contributed by atoms with Gasteiger partial charge in [0.2, 0.25) is 0 Å². The van der Waals surface area contributed by atoms with Gasteiger partial charge in [-0.15, -0.1) is 6.58 Å². The van der Waals surface area contributed by atoms with Gasteiger partial charge in [-0.1, -0.05) is 6.08 Å². The van der Waals surface area contributed by atoms with E-state index in [0.717, 1.165) is 11.0 Å². The molecular formula is C8H11NO6. The van der Waals surface area contributed by atoms with Crippen molar-refractivity contribution in [2.45, 2.75) is 6.04 Å². The summed E-state index contributed by atoms with van der Waals surface area (Å²) in [6.45, 7) is 1.87. The highest BCUT2D eigenvalue weighted by atomic mass is 16.4. The van der Waals surface area contributed by atoms with Gasteiger partial charge in [0.05, 0.1) is 13.1 Å². The molecule has 0 aliphatic carbocycles. The van der Waals surface area contributed by atoms with Crippen molar-refractivity contribution >= 4 is 17.9 Å². The second kappa shape index (κ2) is 5.76. The van der Waals surface area contributed by atoms with Crippen molar-refractivity contribution in [1.29, 1.82) is 0 Å². The van der Waals surface area contributed by atoms with Crippen LogP contribution in [0, 0.1) is 0 Å². The maximum atomic E-state index is 10.6. The van der Waals surface area contributed by atoms with Crippen LogP contribution in [0.15, 0.2) is 12.7 Å². The first-order valence-corrected chi connectivity index (χ1v) is 3.91. The van der Waals surface area contributed by atoms with Gasteiger partial charge in [0.25, 0.3) is 0 Å². The Morgan fingerprint density at radius 2 is 1.53 bits per heavy atom. The molecule has 0 aliphatic heterocycles. The molecule has 0 aromatic heterocycles. The number of hydrogen-bond acceptors (Lipinski definition) is 4. The van der Waals surface area contributed by atoms with Crippen LogP contribution in [0.2, 0.25) is 0 Å². The molecule has 0 aromatic carbocycles. The molecule has 0 saturated carbocycles. The van der Waals surface area contributed by atoms with Crippen molar-refractivity contribution in [3.8, 4) is 0 Å². The molecule has 0 fully saturated rings. The predicted octanol–water partition coefficient (Wildman–Crippen LogP) is -0.903. The monoisotopic (exact) mass is 217 g/mol. The van der Waals surface area contributed by atoms with E-state index in [1.54, 1.807) is 0 Å². The number of rotatable bonds is 7. The zero-order chi connectivity index (χ0) is 12.0. The van der Waals surface area contributed by atoms with E-state index in [1.165, 1.54) is 0 Å². The van der Waals surface area contributed by atoms with E-state index in [9.17, 15) is 14.4 Å². The summed E-state index contributed by atoms with van der Waals surface area (Å²) in [4.78, 5) is 32.2. The van der Waals surface area contributed by atoms with E-state index in [1.807, 2.05) is 0 Å². The van der Waals surface area contributed by atoms with Crippen molar-refractivity contribution < 1.29 is 29.7 Å². The minimum absolute atomic E-state index is 0.671. The van der Waals surface area contributed by atoms with E-state index < -0.39 is 37.0 Å². The minimum atomic E-state index is -1.34. The largest absolute Gasteiger partial charge is 0.480 e. The first kappa shape index (κ1) is 13.1. The normalized spacial score (nSPS) is 12.1. The van der Waals surface area contributed by atoms with Crippen molar-refractivity contribution in [3.05, 3.63) is 12.7 Å². The molecule has 0 spiro atoms. The smallest absolute Gasteiger partial charge is 0.324 e. The van der Waals surface area contributed by atoms with Crippen molar-refractivity contribution in [2.24, 2.45) is 0 Å². The molecule has 0 heterocycles. The summed E-state index contributed by atoms with van der Waals surface area (Å²) >= 11 is 0. The van der Waals surface area contributed by atoms with Crippen LogP contribution in [0.25, 0.3) is 0 Å². The molecule has 0 radical (unpaired) electrons. The molecule has 0 aromatic rings. The molecule has 1 unspecified atom stereocenters. The van der Waals surface area contributed by atoms with Gasteiger partial charge >= 0.3 is 17.9 Å². The van der Waals surface area contributed by atoms with Crippen molar-refractivity contribution in [2.75, 3.05) is 13.1 Å². The molecule has 7 heteroatoms. The lowest BCUT2D eigenvalue weighted by molar-refractivity contribution is -0.147. The summed E-state index contributed by atoms with van der Waals surface area (Å²) in [6, 6.07) is -1.32. The maximum Gasteiger partial charge on any atom is 0.324 e. The second-order valence-corrected chi connectivity index (χ2v) is 2.71. The van der Waals surface area contributed by atoms with Gasteiger partial charge in [-0.05, 0) is 0 Å². The summed E-state index contributed by atoms with van der Waals surface area (Å²) in [5.41, 5.74) is 0. The molecule has 84 valence electrons. The summed E-state index contributed by atoms with van der Waals surface area (Å²) in [5, 5.41) is 25.6. The molecule has 0 bridgehead atoms. The van der Waals surface area contributed by atoms with E-state index >= 15 is 0 Å². The summed E-state index contributed by atoms with van der Waals surface area (Å²) < 4.78 is 0. The lowest BCUT2D eigenvalue weighted by atomic mass is 10.2. The zero-order valence-corrected chi connectivity index (χ0v) is 7.79. The third kappa shape index (κ3) is 4.77. The van der Waals surface area contributed by atoms with Gasteiger partial charge < -0.3 is 15.3 Å². The number of carboxylic acids is 3. The molecule has 7 nitrogen and oxygen atoms in total. The molecule has 0 saturated heterocycles. The maximum absolute atomic E-state index is 10.6. The molecule has 15 heavy (non-hydrogen) atoms. The van der Waals surface area contributed by atoms with Gasteiger partial charge in [0, 0.05) is 0 Å². The predicted molar refractivity (Wildman–Crippen MR) is 48.5 cm³/mol. The highest BCUT2D eigenvalue weighted by Crippen LogP contribution is 2.01. The average molecular weight is 217 g/mol. The van der Waals surface area contributed by atoms with Crippen molar-refractivity contribution in [3.63, 3.8) is 0 Å². The fourth-order valence-electron chi connectivity index (χ4n) is 1.01. The van der Waals surface area contributed by atoms with Crippen LogP contribution in [0.1, 0.15) is 0 Å². The quantitative estimate of drug-likeness (QED) is 0.473. The van der Waals surface area contributed by atoms with Gasteiger partial charge in [-0.2, -0.15) is 0 Å². The number of hydrogen-bond donors (Lipinski definition) is 3. The first-order valence-electron chi connectivity index (χ1n) is 3.91. The first-order chi connectivity index (χ1) is 6.88. The van der Waals surface area contributed by atoms with Gasteiger partial charge in [-0.25, -0.2) is 0 Å². The average Bonchev–Trinajstić information content (AvgIpc) is 2.01. The van der Waals surface area contributed by atoms with Crippen LogP contribution in [0.5, 0.6) is 0 Å². The highest BCUT2D eigenvalue weighted by molar-refractivity contribution is 5.79. The fourth-order valence-corrected chi connectivity index (χ4v) is 1.01. The van der Waals surface area contributed by atoms with Gasteiger partial charge in [-0.3, -0.25) is 19.3 Å².